The van der Waals surface area contributed by atoms with Gasteiger partial charge in [-0.25, -0.2) is 0 Å². The summed E-state index contributed by atoms with van der Waals surface area (Å²) in [6.07, 6.45) is 0. The molecule has 0 aromatic heterocycles. The van der Waals surface area contributed by atoms with Crippen molar-refractivity contribution < 1.29 is 4.79 Å². The van der Waals surface area contributed by atoms with Gasteiger partial charge in [-0.3, -0.25) is 4.79 Å². The quantitative estimate of drug-likeness (QED) is 0.894. The van der Waals surface area contributed by atoms with Crippen LogP contribution < -0.4 is 11.1 Å². The summed E-state index contributed by atoms with van der Waals surface area (Å²) in [5.74, 6) is -0.189. The number of nitrogens with one attached hydrogen (secondary N) is 1. The molecule has 0 radical (unpaired) electrons. The van der Waals surface area contributed by atoms with Gasteiger partial charge >= 0.3 is 0 Å². The molecule has 20 heavy (non-hydrogen) atoms. The monoisotopic (exact) mass is 268 g/mol. The van der Waals surface area contributed by atoms with Crippen molar-refractivity contribution in [1.29, 1.82) is 0 Å². The Morgan fingerprint density at radius 2 is 1.90 bits per heavy atom. The second-order valence-corrected chi connectivity index (χ2v) is 4.98. The zero-order valence-corrected chi connectivity index (χ0v) is 11.9. The smallest absolute Gasteiger partial charge is 0.231 e. The third-order valence-corrected chi connectivity index (χ3v) is 3.49. The highest BCUT2D eigenvalue weighted by molar-refractivity contribution is 5.96. The van der Waals surface area contributed by atoms with Crippen LogP contribution in [0.3, 0.4) is 0 Å². The minimum absolute atomic E-state index is 0.00604. The lowest BCUT2D eigenvalue weighted by Gasteiger charge is -2.15. The summed E-state index contributed by atoms with van der Waals surface area (Å²) in [5, 5.41) is 2.99. The highest BCUT2D eigenvalue weighted by atomic mass is 16.1. The zero-order chi connectivity index (χ0) is 14.5. The van der Waals surface area contributed by atoms with Crippen molar-refractivity contribution in [2.24, 2.45) is 5.73 Å². The summed E-state index contributed by atoms with van der Waals surface area (Å²) in [6, 6.07) is 15.7. The van der Waals surface area contributed by atoms with Gasteiger partial charge in [-0.05, 0) is 36.6 Å². The van der Waals surface area contributed by atoms with Gasteiger partial charge in [0, 0.05) is 12.2 Å². The normalized spacial score (nSPS) is 11.9. The largest absolute Gasteiger partial charge is 0.326 e. The first-order chi connectivity index (χ1) is 9.61. The minimum Gasteiger partial charge on any atom is -0.326 e. The molecule has 3 N–H and O–H groups in total. The lowest BCUT2D eigenvalue weighted by molar-refractivity contribution is -0.117. The summed E-state index contributed by atoms with van der Waals surface area (Å²) in [4.78, 5) is 12.3. The van der Waals surface area contributed by atoms with Gasteiger partial charge in [0.2, 0.25) is 5.91 Å². The first-order valence-electron chi connectivity index (χ1n) is 6.77. The molecule has 0 aliphatic carbocycles. The van der Waals surface area contributed by atoms with Crippen molar-refractivity contribution >= 4 is 11.6 Å². The van der Waals surface area contributed by atoms with E-state index in [1.54, 1.807) is 0 Å². The maximum atomic E-state index is 12.3. The van der Waals surface area contributed by atoms with Crippen molar-refractivity contribution in [3.63, 3.8) is 0 Å². The first-order valence-corrected chi connectivity index (χ1v) is 6.77. The fourth-order valence-corrected chi connectivity index (χ4v) is 2.06. The number of rotatable bonds is 4. The maximum Gasteiger partial charge on any atom is 0.231 e. The third-order valence-electron chi connectivity index (χ3n) is 3.49. The molecule has 2 aromatic carbocycles. The zero-order valence-electron chi connectivity index (χ0n) is 11.9. The molecule has 0 spiro atoms. The van der Waals surface area contributed by atoms with E-state index in [2.05, 4.69) is 5.32 Å². The Hall–Kier alpha value is -2.13. The van der Waals surface area contributed by atoms with Gasteiger partial charge in [-0.1, -0.05) is 42.5 Å². The fourth-order valence-electron chi connectivity index (χ4n) is 2.06. The summed E-state index contributed by atoms with van der Waals surface area (Å²) >= 11 is 0. The highest BCUT2D eigenvalue weighted by Crippen LogP contribution is 2.21. The number of carbonyl (C=O) groups excluding carboxylic acids is 1. The van der Waals surface area contributed by atoms with E-state index in [-0.39, 0.29) is 11.8 Å². The second kappa shape index (κ2) is 6.35. The molecule has 3 nitrogen and oxygen atoms in total. The van der Waals surface area contributed by atoms with Gasteiger partial charge in [-0.2, -0.15) is 0 Å². The molecule has 104 valence electrons. The Kier molecular flexibility index (Phi) is 4.53. The van der Waals surface area contributed by atoms with E-state index in [1.807, 2.05) is 62.4 Å². The summed E-state index contributed by atoms with van der Waals surface area (Å²) in [5.41, 5.74) is 9.53. The van der Waals surface area contributed by atoms with E-state index in [4.69, 9.17) is 5.73 Å². The van der Waals surface area contributed by atoms with Gasteiger partial charge < -0.3 is 11.1 Å². The van der Waals surface area contributed by atoms with Crippen molar-refractivity contribution in [3.05, 3.63) is 65.2 Å². The van der Waals surface area contributed by atoms with Crippen molar-refractivity contribution in [1.82, 2.24) is 0 Å². The SMILES string of the molecule is Cc1ccc(CN)cc1NC(=O)C(C)c1ccccc1. The predicted octanol–water partition coefficient (Wildman–Crippen LogP) is 3.20. The topological polar surface area (TPSA) is 55.1 Å². The molecule has 1 atom stereocenters. The summed E-state index contributed by atoms with van der Waals surface area (Å²) in [6.45, 7) is 4.35. The van der Waals surface area contributed by atoms with Gasteiger partial charge in [0.15, 0.2) is 0 Å². The number of benzene rings is 2. The average molecular weight is 268 g/mol. The Morgan fingerprint density at radius 3 is 2.55 bits per heavy atom. The fraction of sp³-hybridized carbons (Fsp3) is 0.235. The van der Waals surface area contributed by atoms with Crippen LogP contribution in [0.15, 0.2) is 48.5 Å². The second-order valence-electron chi connectivity index (χ2n) is 4.98. The molecule has 0 aliphatic rings. The molecule has 0 bridgehead atoms. The van der Waals surface area contributed by atoms with Gasteiger partial charge in [-0.15, -0.1) is 0 Å². The van der Waals surface area contributed by atoms with Crippen LogP contribution in [0.25, 0.3) is 0 Å². The van der Waals surface area contributed by atoms with Crippen molar-refractivity contribution in [2.45, 2.75) is 26.3 Å². The van der Waals surface area contributed by atoms with E-state index in [1.165, 1.54) is 0 Å². The van der Waals surface area contributed by atoms with Gasteiger partial charge in [0.25, 0.3) is 0 Å². The number of nitrogens with two attached hydrogens (primary N) is 1. The summed E-state index contributed by atoms with van der Waals surface area (Å²) < 4.78 is 0. The lowest BCUT2D eigenvalue weighted by atomic mass is 10.00. The molecule has 0 heterocycles. The number of hydrogen-bond acceptors (Lipinski definition) is 2. The van der Waals surface area contributed by atoms with Crippen LogP contribution in [0.2, 0.25) is 0 Å². The van der Waals surface area contributed by atoms with Crippen molar-refractivity contribution in [3.8, 4) is 0 Å². The number of carbonyl (C=O) groups is 1. The number of aryl methyl sites for hydroxylation is 1. The number of anilines is 1. The van der Waals surface area contributed by atoms with Crippen LogP contribution in [0, 0.1) is 6.92 Å². The van der Waals surface area contributed by atoms with Gasteiger partial charge in [0.05, 0.1) is 5.92 Å². The molecule has 1 unspecified atom stereocenters. The molecule has 0 saturated carbocycles. The van der Waals surface area contributed by atoms with Crippen LogP contribution in [-0.4, -0.2) is 5.91 Å². The van der Waals surface area contributed by atoms with Crippen molar-refractivity contribution in [2.75, 3.05) is 5.32 Å². The molecule has 1 amide bonds. The molecule has 0 saturated heterocycles. The highest BCUT2D eigenvalue weighted by Gasteiger charge is 2.15. The van der Waals surface area contributed by atoms with E-state index in [0.29, 0.717) is 6.54 Å². The van der Waals surface area contributed by atoms with E-state index in [9.17, 15) is 4.79 Å². The van der Waals surface area contributed by atoms with E-state index >= 15 is 0 Å². The summed E-state index contributed by atoms with van der Waals surface area (Å²) in [7, 11) is 0. The standard InChI is InChI=1S/C17H20N2O/c1-12-8-9-14(11-18)10-16(12)19-17(20)13(2)15-6-4-3-5-7-15/h3-10,13H,11,18H2,1-2H3,(H,19,20). The number of amides is 1. The number of hydrogen-bond donors (Lipinski definition) is 2. The van der Waals surface area contributed by atoms with E-state index in [0.717, 1.165) is 22.4 Å². The Balaban J connectivity index is 2.15. The van der Waals surface area contributed by atoms with Gasteiger partial charge in [0.1, 0.15) is 0 Å². The molecule has 2 aromatic rings. The molecular weight excluding hydrogens is 248 g/mol. The van der Waals surface area contributed by atoms with Crippen LogP contribution in [0.1, 0.15) is 29.5 Å². The van der Waals surface area contributed by atoms with E-state index < -0.39 is 0 Å². The first kappa shape index (κ1) is 14.3. The maximum absolute atomic E-state index is 12.3. The molecule has 0 aliphatic heterocycles. The Bertz CT molecular complexity index is 593. The molecule has 0 fully saturated rings. The van der Waals surface area contributed by atoms with Crippen LogP contribution in [0.4, 0.5) is 5.69 Å². The Labute approximate surface area is 119 Å². The molecule has 3 heteroatoms. The molecule has 2 rings (SSSR count). The predicted molar refractivity (Wildman–Crippen MR) is 82.6 cm³/mol. The average Bonchev–Trinajstić information content (AvgIpc) is 2.49. The lowest BCUT2D eigenvalue weighted by Crippen LogP contribution is -2.19. The third kappa shape index (κ3) is 3.25. The Morgan fingerprint density at radius 1 is 1.20 bits per heavy atom. The van der Waals surface area contributed by atoms with Crippen LogP contribution in [0.5, 0.6) is 0 Å². The molecular formula is C17H20N2O. The minimum atomic E-state index is -0.183. The van der Waals surface area contributed by atoms with Crippen LogP contribution in [-0.2, 0) is 11.3 Å². The van der Waals surface area contributed by atoms with Crippen LogP contribution >= 0.6 is 0 Å².